The van der Waals surface area contributed by atoms with E-state index in [1.807, 2.05) is 35.0 Å². The van der Waals surface area contributed by atoms with Gasteiger partial charge in [-0.05, 0) is 86.8 Å². The standard InChI is InChI=1S/C24H24N2O2S2/c27-23(19-13-29-21-7-3-1-5-17(19)21)25-15-9-11-16(12-10-15)26-24(28)20-14-30-22-8-4-2-6-18(20)22/h9-14H,1-8H2,(H,25,27)(H,26,28). The van der Waals surface area contributed by atoms with Gasteiger partial charge in [0, 0.05) is 31.9 Å². The molecule has 0 atom stereocenters. The van der Waals surface area contributed by atoms with Gasteiger partial charge in [0.05, 0.1) is 11.1 Å². The molecule has 1 aromatic carbocycles. The smallest absolute Gasteiger partial charge is 0.256 e. The second-order valence-corrected chi connectivity index (χ2v) is 9.93. The van der Waals surface area contributed by atoms with Gasteiger partial charge in [-0.25, -0.2) is 0 Å². The molecule has 0 spiro atoms. The van der Waals surface area contributed by atoms with Crippen molar-refractivity contribution in [1.82, 2.24) is 0 Å². The minimum absolute atomic E-state index is 0.0453. The summed E-state index contributed by atoms with van der Waals surface area (Å²) in [4.78, 5) is 28.2. The van der Waals surface area contributed by atoms with Gasteiger partial charge < -0.3 is 10.6 Å². The first-order valence-electron chi connectivity index (χ1n) is 10.6. The van der Waals surface area contributed by atoms with E-state index in [0.29, 0.717) is 0 Å². The lowest BCUT2D eigenvalue weighted by Crippen LogP contribution is -2.15. The molecule has 2 amide bonds. The molecule has 2 aliphatic carbocycles. The van der Waals surface area contributed by atoms with Gasteiger partial charge in [0.25, 0.3) is 11.8 Å². The Morgan fingerprint density at radius 3 is 1.47 bits per heavy atom. The van der Waals surface area contributed by atoms with E-state index in [0.717, 1.165) is 61.0 Å². The first kappa shape index (κ1) is 19.5. The molecular weight excluding hydrogens is 412 g/mol. The second kappa shape index (κ2) is 8.36. The predicted molar refractivity (Wildman–Crippen MR) is 124 cm³/mol. The Kier molecular flexibility index (Phi) is 5.44. The van der Waals surface area contributed by atoms with Crippen LogP contribution in [0, 0.1) is 0 Å². The molecule has 6 heteroatoms. The zero-order chi connectivity index (χ0) is 20.5. The normalized spacial score (nSPS) is 15.2. The summed E-state index contributed by atoms with van der Waals surface area (Å²) in [6, 6.07) is 7.37. The number of amides is 2. The SMILES string of the molecule is O=C(Nc1ccc(NC(=O)c2csc3c2CCCC3)cc1)c1csc2c1CCCC2. The fourth-order valence-corrected chi connectivity index (χ4v) is 6.65. The van der Waals surface area contributed by atoms with E-state index in [-0.39, 0.29) is 11.8 Å². The molecule has 0 radical (unpaired) electrons. The number of benzene rings is 1. The Morgan fingerprint density at radius 2 is 1.03 bits per heavy atom. The van der Waals surface area contributed by atoms with Crippen LogP contribution in [-0.4, -0.2) is 11.8 Å². The molecule has 4 nitrogen and oxygen atoms in total. The van der Waals surface area contributed by atoms with Crippen LogP contribution in [0.4, 0.5) is 11.4 Å². The predicted octanol–water partition coefficient (Wildman–Crippen LogP) is 6.07. The third-order valence-corrected chi connectivity index (χ3v) is 8.19. The Bertz CT molecular complexity index is 1010. The zero-order valence-electron chi connectivity index (χ0n) is 16.8. The van der Waals surface area contributed by atoms with E-state index >= 15 is 0 Å². The Balaban J connectivity index is 1.25. The van der Waals surface area contributed by atoms with Gasteiger partial charge in [-0.2, -0.15) is 0 Å². The third-order valence-electron chi connectivity index (χ3n) is 6.01. The van der Waals surface area contributed by atoms with Crippen molar-refractivity contribution in [1.29, 1.82) is 0 Å². The van der Waals surface area contributed by atoms with Crippen LogP contribution in [0.1, 0.15) is 67.3 Å². The van der Waals surface area contributed by atoms with E-state index in [2.05, 4.69) is 10.6 Å². The van der Waals surface area contributed by atoms with E-state index < -0.39 is 0 Å². The minimum Gasteiger partial charge on any atom is -0.322 e. The molecular formula is C24H24N2O2S2. The fourth-order valence-electron chi connectivity index (χ4n) is 4.40. The topological polar surface area (TPSA) is 58.2 Å². The lowest BCUT2D eigenvalue weighted by molar-refractivity contribution is 0.101. The molecule has 0 saturated carbocycles. The summed E-state index contributed by atoms with van der Waals surface area (Å²) in [5.74, 6) is -0.0906. The highest BCUT2D eigenvalue weighted by molar-refractivity contribution is 7.10. The quantitative estimate of drug-likeness (QED) is 0.521. The summed E-state index contributed by atoms with van der Waals surface area (Å²) in [7, 11) is 0. The molecule has 154 valence electrons. The van der Waals surface area contributed by atoms with Gasteiger partial charge in [0.1, 0.15) is 0 Å². The number of carbonyl (C=O) groups excluding carboxylic acids is 2. The van der Waals surface area contributed by atoms with Crippen LogP contribution in [0.15, 0.2) is 35.0 Å². The number of hydrogen-bond acceptors (Lipinski definition) is 4. The number of thiophene rings is 2. The number of rotatable bonds is 4. The van der Waals surface area contributed by atoms with Crippen LogP contribution in [0.3, 0.4) is 0 Å². The van der Waals surface area contributed by atoms with Crippen molar-refractivity contribution in [2.24, 2.45) is 0 Å². The van der Waals surface area contributed by atoms with Crippen LogP contribution < -0.4 is 10.6 Å². The molecule has 2 heterocycles. The third kappa shape index (κ3) is 3.82. The average molecular weight is 437 g/mol. The van der Waals surface area contributed by atoms with Gasteiger partial charge in [-0.1, -0.05) is 0 Å². The summed E-state index contributed by atoms with van der Waals surface area (Å²) < 4.78 is 0. The van der Waals surface area contributed by atoms with Crippen LogP contribution in [0.5, 0.6) is 0 Å². The lowest BCUT2D eigenvalue weighted by atomic mass is 9.95. The summed E-state index contributed by atoms with van der Waals surface area (Å²) >= 11 is 3.40. The molecule has 0 fully saturated rings. The first-order valence-corrected chi connectivity index (χ1v) is 12.4. The van der Waals surface area contributed by atoms with Gasteiger partial charge in [0.2, 0.25) is 0 Å². The largest absolute Gasteiger partial charge is 0.322 e. The van der Waals surface area contributed by atoms with E-state index in [4.69, 9.17) is 0 Å². The number of carbonyl (C=O) groups is 2. The number of aryl methyl sites for hydroxylation is 2. The number of nitrogens with one attached hydrogen (secondary N) is 2. The van der Waals surface area contributed by atoms with Crippen molar-refractivity contribution in [2.45, 2.75) is 51.4 Å². The van der Waals surface area contributed by atoms with Crippen molar-refractivity contribution >= 4 is 45.9 Å². The van der Waals surface area contributed by atoms with Crippen molar-refractivity contribution in [3.05, 3.63) is 67.0 Å². The highest BCUT2D eigenvalue weighted by Crippen LogP contribution is 2.32. The number of anilines is 2. The Hall–Kier alpha value is -2.44. The number of hydrogen-bond donors (Lipinski definition) is 2. The summed E-state index contributed by atoms with van der Waals surface area (Å²) in [5.41, 5.74) is 5.56. The van der Waals surface area contributed by atoms with Gasteiger partial charge in [-0.3, -0.25) is 9.59 Å². The van der Waals surface area contributed by atoms with Crippen LogP contribution in [0.2, 0.25) is 0 Å². The molecule has 2 N–H and O–H groups in total. The average Bonchev–Trinajstić information content (AvgIpc) is 3.39. The fraction of sp³-hybridized carbons (Fsp3) is 0.333. The second-order valence-electron chi connectivity index (χ2n) is 8.00. The number of fused-ring (bicyclic) bond motifs is 2. The van der Waals surface area contributed by atoms with Gasteiger partial charge in [-0.15, -0.1) is 22.7 Å². The van der Waals surface area contributed by atoms with Crippen LogP contribution in [-0.2, 0) is 25.7 Å². The van der Waals surface area contributed by atoms with Crippen molar-refractivity contribution in [3.63, 3.8) is 0 Å². The van der Waals surface area contributed by atoms with E-state index in [1.54, 1.807) is 22.7 Å². The summed E-state index contributed by atoms with van der Waals surface area (Å²) in [6.45, 7) is 0. The molecule has 3 aromatic rings. The Morgan fingerprint density at radius 1 is 0.633 bits per heavy atom. The van der Waals surface area contributed by atoms with Crippen LogP contribution >= 0.6 is 22.7 Å². The molecule has 2 aromatic heterocycles. The highest BCUT2D eigenvalue weighted by Gasteiger charge is 2.21. The maximum absolute atomic E-state index is 12.7. The lowest BCUT2D eigenvalue weighted by Gasteiger charge is -2.13. The molecule has 0 unspecified atom stereocenters. The van der Waals surface area contributed by atoms with E-state index in [1.165, 1.54) is 33.7 Å². The minimum atomic E-state index is -0.0453. The summed E-state index contributed by atoms with van der Waals surface area (Å²) in [5, 5.41) is 9.98. The molecule has 0 saturated heterocycles. The first-order chi connectivity index (χ1) is 14.7. The van der Waals surface area contributed by atoms with Crippen LogP contribution in [0.25, 0.3) is 0 Å². The highest BCUT2D eigenvalue weighted by atomic mass is 32.1. The molecule has 5 rings (SSSR count). The van der Waals surface area contributed by atoms with Crippen molar-refractivity contribution in [3.8, 4) is 0 Å². The molecule has 0 bridgehead atoms. The maximum Gasteiger partial charge on any atom is 0.256 e. The van der Waals surface area contributed by atoms with Crippen molar-refractivity contribution < 1.29 is 9.59 Å². The molecule has 30 heavy (non-hydrogen) atoms. The molecule has 0 aliphatic heterocycles. The van der Waals surface area contributed by atoms with E-state index in [9.17, 15) is 9.59 Å². The molecule has 2 aliphatic rings. The van der Waals surface area contributed by atoms with Gasteiger partial charge in [0.15, 0.2) is 0 Å². The zero-order valence-corrected chi connectivity index (χ0v) is 18.4. The maximum atomic E-state index is 12.7. The van der Waals surface area contributed by atoms with Crippen molar-refractivity contribution in [2.75, 3.05) is 10.6 Å². The summed E-state index contributed by atoms with van der Waals surface area (Å²) in [6.07, 6.45) is 8.94. The monoisotopic (exact) mass is 436 g/mol. The Labute approximate surface area is 184 Å². The van der Waals surface area contributed by atoms with Gasteiger partial charge >= 0.3 is 0 Å².